The average molecular weight is 393 g/mol. The Kier molecular flexibility index (Phi) is 5.14. The second-order valence-electron chi connectivity index (χ2n) is 6.63. The summed E-state index contributed by atoms with van der Waals surface area (Å²) in [5.74, 6) is -0.445. The van der Waals surface area contributed by atoms with Crippen molar-refractivity contribution in [3.63, 3.8) is 0 Å². The van der Waals surface area contributed by atoms with Gasteiger partial charge in [0.2, 0.25) is 0 Å². The highest BCUT2D eigenvalue weighted by molar-refractivity contribution is 5.95. The third-order valence-corrected chi connectivity index (χ3v) is 4.72. The fourth-order valence-electron chi connectivity index (χ4n) is 3.26. The molecular formula is C19H19N7O3. The van der Waals surface area contributed by atoms with Crippen LogP contribution in [0.25, 0.3) is 0 Å². The summed E-state index contributed by atoms with van der Waals surface area (Å²) < 4.78 is 0. The first-order valence-corrected chi connectivity index (χ1v) is 9.20. The van der Waals surface area contributed by atoms with Crippen LogP contribution in [0.3, 0.4) is 0 Å². The topological polar surface area (TPSA) is 137 Å². The molecule has 3 aromatic heterocycles. The standard InChI is InChI=1S/C19H19N7O3/c27-16-9-12(22-11-23-16)4-7-21-18(28)17-13-5-8-26(10-15(13)24-25-17)19(29)14-3-1-2-6-20-14/h1-3,6,9,11H,4-5,7-8,10H2,(H,21,28)(H,24,25)(H,22,23,27). The molecule has 4 heterocycles. The van der Waals surface area contributed by atoms with Crippen molar-refractivity contribution in [1.82, 2.24) is 35.4 Å². The molecule has 0 spiro atoms. The zero-order valence-electron chi connectivity index (χ0n) is 15.5. The van der Waals surface area contributed by atoms with Crippen LogP contribution in [0, 0.1) is 0 Å². The van der Waals surface area contributed by atoms with Crippen LogP contribution in [0.1, 0.15) is 37.9 Å². The lowest BCUT2D eigenvalue weighted by Gasteiger charge is -2.26. The van der Waals surface area contributed by atoms with Gasteiger partial charge < -0.3 is 15.2 Å². The van der Waals surface area contributed by atoms with Gasteiger partial charge in [0, 0.05) is 43.0 Å². The van der Waals surface area contributed by atoms with Crippen LogP contribution in [-0.2, 0) is 19.4 Å². The number of amides is 2. The Morgan fingerprint density at radius 1 is 1.24 bits per heavy atom. The van der Waals surface area contributed by atoms with Crippen LogP contribution in [0.4, 0.5) is 0 Å². The number of hydrogen-bond acceptors (Lipinski definition) is 6. The minimum absolute atomic E-state index is 0.151. The van der Waals surface area contributed by atoms with Crippen LogP contribution < -0.4 is 10.9 Å². The first kappa shape index (κ1) is 18.5. The summed E-state index contributed by atoms with van der Waals surface area (Å²) in [5.41, 5.74) is 2.67. The summed E-state index contributed by atoms with van der Waals surface area (Å²) in [5, 5.41) is 9.82. The zero-order valence-corrected chi connectivity index (χ0v) is 15.5. The van der Waals surface area contributed by atoms with Gasteiger partial charge in [-0.25, -0.2) is 4.98 Å². The Morgan fingerprint density at radius 3 is 2.93 bits per heavy atom. The van der Waals surface area contributed by atoms with E-state index in [1.807, 2.05) is 0 Å². The number of rotatable bonds is 5. The maximum absolute atomic E-state index is 12.6. The number of hydrogen-bond donors (Lipinski definition) is 3. The van der Waals surface area contributed by atoms with Gasteiger partial charge in [-0.1, -0.05) is 6.07 Å². The van der Waals surface area contributed by atoms with Crippen LogP contribution in [0.5, 0.6) is 0 Å². The fraction of sp³-hybridized carbons (Fsp3) is 0.263. The summed E-state index contributed by atoms with van der Waals surface area (Å²) in [4.78, 5) is 48.6. The molecular weight excluding hydrogens is 374 g/mol. The van der Waals surface area contributed by atoms with E-state index in [1.54, 1.807) is 29.3 Å². The molecule has 0 atom stereocenters. The third-order valence-electron chi connectivity index (χ3n) is 4.72. The van der Waals surface area contributed by atoms with Crippen LogP contribution in [0.2, 0.25) is 0 Å². The molecule has 1 aliphatic rings. The number of nitrogens with one attached hydrogen (secondary N) is 3. The lowest BCUT2D eigenvalue weighted by Crippen LogP contribution is -2.37. The SMILES string of the molecule is O=C(NCCc1cc(=O)[nH]cn1)c1n[nH]c2c1CCN(C(=O)c1ccccn1)C2. The van der Waals surface area contributed by atoms with E-state index < -0.39 is 0 Å². The molecule has 0 radical (unpaired) electrons. The molecule has 4 rings (SSSR count). The van der Waals surface area contributed by atoms with E-state index in [-0.39, 0.29) is 17.4 Å². The molecule has 0 aromatic carbocycles. The van der Waals surface area contributed by atoms with Gasteiger partial charge in [-0.3, -0.25) is 24.5 Å². The number of fused-ring (bicyclic) bond motifs is 1. The second-order valence-corrected chi connectivity index (χ2v) is 6.63. The van der Waals surface area contributed by atoms with E-state index in [1.165, 1.54) is 12.4 Å². The zero-order chi connectivity index (χ0) is 20.2. The van der Waals surface area contributed by atoms with E-state index in [4.69, 9.17) is 0 Å². The van der Waals surface area contributed by atoms with Crippen molar-refractivity contribution in [3.8, 4) is 0 Å². The van der Waals surface area contributed by atoms with Gasteiger partial charge in [-0.2, -0.15) is 5.10 Å². The van der Waals surface area contributed by atoms with Gasteiger partial charge in [0.25, 0.3) is 17.4 Å². The van der Waals surface area contributed by atoms with Crippen LogP contribution in [-0.4, -0.2) is 55.0 Å². The highest BCUT2D eigenvalue weighted by Crippen LogP contribution is 2.21. The average Bonchev–Trinajstić information content (AvgIpc) is 3.17. The normalized spacial score (nSPS) is 13.0. The molecule has 0 saturated carbocycles. The van der Waals surface area contributed by atoms with Crippen LogP contribution >= 0.6 is 0 Å². The number of aromatic amines is 2. The first-order chi connectivity index (χ1) is 14.1. The smallest absolute Gasteiger partial charge is 0.272 e. The summed E-state index contributed by atoms with van der Waals surface area (Å²) in [7, 11) is 0. The van der Waals surface area contributed by atoms with Gasteiger partial charge in [-0.15, -0.1) is 0 Å². The van der Waals surface area contributed by atoms with Gasteiger partial charge >= 0.3 is 0 Å². The predicted octanol–water partition coefficient (Wildman–Crippen LogP) is 0.0590. The Morgan fingerprint density at radius 2 is 2.14 bits per heavy atom. The maximum atomic E-state index is 12.6. The molecule has 10 heteroatoms. The number of carbonyl (C=O) groups excluding carboxylic acids is 2. The van der Waals surface area contributed by atoms with Crippen molar-refractivity contribution in [2.75, 3.05) is 13.1 Å². The quantitative estimate of drug-likeness (QED) is 0.561. The Hall–Kier alpha value is -3.82. The van der Waals surface area contributed by atoms with Gasteiger partial charge in [0.15, 0.2) is 5.69 Å². The number of aromatic nitrogens is 5. The van der Waals surface area contributed by atoms with E-state index in [9.17, 15) is 14.4 Å². The van der Waals surface area contributed by atoms with E-state index in [2.05, 4.69) is 30.5 Å². The van der Waals surface area contributed by atoms with E-state index >= 15 is 0 Å². The van der Waals surface area contributed by atoms with Crippen molar-refractivity contribution >= 4 is 11.8 Å². The number of nitrogens with zero attached hydrogens (tertiary/aromatic N) is 4. The largest absolute Gasteiger partial charge is 0.350 e. The highest BCUT2D eigenvalue weighted by atomic mass is 16.2. The predicted molar refractivity (Wildman–Crippen MR) is 102 cm³/mol. The molecule has 1 aliphatic heterocycles. The van der Waals surface area contributed by atoms with Crippen LogP contribution in [0.15, 0.2) is 41.6 Å². The fourth-order valence-corrected chi connectivity index (χ4v) is 3.26. The molecule has 10 nitrogen and oxygen atoms in total. The summed E-state index contributed by atoms with van der Waals surface area (Å²) >= 11 is 0. The number of H-pyrrole nitrogens is 2. The van der Waals surface area contributed by atoms with Crippen molar-refractivity contribution in [3.05, 3.63) is 75.5 Å². The van der Waals surface area contributed by atoms with Gasteiger partial charge in [0.05, 0.1) is 18.6 Å². The Bertz CT molecular complexity index is 1090. The lowest BCUT2D eigenvalue weighted by molar-refractivity contribution is 0.0726. The van der Waals surface area contributed by atoms with E-state index in [0.717, 1.165) is 11.3 Å². The first-order valence-electron chi connectivity index (χ1n) is 9.20. The minimum Gasteiger partial charge on any atom is -0.350 e. The van der Waals surface area contributed by atoms with Crippen molar-refractivity contribution in [2.24, 2.45) is 0 Å². The molecule has 2 amide bonds. The Labute approximate surface area is 165 Å². The molecule has 0 saturated heterocycles. The van der Waals surface area contributed by atoms with E-state index in [0.29, 0.717) is 49.6 Å². The monoisotopic (exact) mass is 393 g/mol. The van der Waals surface area contributed by atoms with Crippen molar-refractivity contribution < 1.29 is 9.59 Å². The molecule has 0 bridgehead atoms. The minimum atomic E-state index is -0.295. The maximum Gasteiger partial charge on any atom is 0.272 e. The molecule has 3 aromatic rings. The van der Waals surface area contributed by atoms with Crippen molar-refractivity contribution in [2.45, 2.75) is 19.4 Å². The molecule has 0 aliphatic carbocycles. The third kappa shape index (κ3) is 4.05. The lowest BCUT2D eigenvalue weighted by atomic mass is 10.0. The second kappa shape index (κ2) is 8.05. The molecule has 29 heavy (non-hydrogen) atoms. The highest BCUT2D eigenvalue weighted by Gasteiger charge is 2.28. The summed E-state index contributed by atoms with van der Waals surface area (Å²) in [6, 6.07) is 6.61. The Balaban J connectivity index is 1.38. The van der Waals surface area contributed by atoms with Crippen molar-refractivity contribution in [1.29, 1.82) is 0 Å². The molecule has 148 valence electrons. The summed E-state index contributed by atoms with van der Waals surface area (Å²) in [6.07, 6.45) is 3.89. The summed E-state index contributed by atoms with van der Waals surface area (Å²) in [6.45, 7) is 1.17. The van der Waals surface area contributed by atoms with Gasteiger partial charge in [-0.05, 0) is 18.6 Å². The molecule has 0 unspecified atom stereocenters. The molecule has 3 N–H and O–H groups in total. The number of carbonyl (C=O) groups is 2. The number of pyridine rings is 1. The molecule has 0 fully saturated rings. The van der Waals surface area contributed by atoms with Gasteiger partial charge in [0.1, 0.15) is 5.69 Å².